The zero-order valence-corrected chi connectivity index (χ0v) is 21.6. The number of aliphatic hydroxyl groups is 1. The molecule has 3 aromatic carbocycles. The molecule has 0 saturated carbocycles. The number of rotatable bonds is 8. The third-order valence-electron chi connectivity index (χ3n) is 7.29. The minimum atomic E-state index is -0.595. The molecule has 0 amide bonds. The summed E-state index contributed by atoms with van der Waals surface area (Å²) in [6.45, 7) is 4.42. The van der Waals surface area contributed by atoms with Crippen LogP contribution in [0.25, 0.3) is 33.4 Å². The summed E-state index contributed by atoms with van der Waals surface area (Å²) in [5.74, 6) is 3.36. The summed E-state index contributed by atoms with van der Waals surface area (Å²) in [6, 6.07) is 20.4. The third kappa shape index (κ3) is 5.10. The maximum absolute atomic E-state index is 10.7. The van der Waals surface area contributed by atoms with Crippen molar-refractivity contribution in [1.29, 1.82) is 0 Å². The molecule has 5 aromatic rings. The fourth-order valence-corrected chi connectivity index (χ4v) is 5.27. The summed E-state index contributed by atoms with van der Waals surface area (Å²) in [7, 11) is 1.70. The molecule has 0 spiro atoms. The quantitative estimate of drug-likeness (QED) is 0.288. The predicted molar refractivity (Wildman–Crippen MR) is 145 cm³/mol. The van der Waals surface area contributed by atoms with Gasteiger partial charge in [-0.2, -0.15) is 0 Å². The Morgan fingerprint density at radius 2 is 1.82 bits per heavy atom. The molecule has 2 aromatic heterocycles. The van der Waals surface area contributed by atoms with Crippen molar-refractivity contribution in [2.75, 3.05) is 33.4 Å². The number of fused-ring (bicyclic) bond motifs is 2. The molecular formula is C30H31N3O5. The number of aryl methyl sites for hydroxylation is 1. The average Bonchev–Trinajstić information content (AvgIpc) is 3.58. The Bertz CT molecular complexity index is 1550. The minimum Gasteiger partial charge on any atom is -0.497 e. The van der Waals surface area contributed by atoms with Gasteiger partial charge in [0.2, 0.25) is 5.89 Å². The number of piperidine rings is 1. The van der Waals surface area contributed by atoms with Crippen LogP contribution < -0.4 is 9.47 Å². The number of methoxy groups -OCH3 is 1. The lowest BCUT2D eigenvalue weighted by Gasteiger charge is -2.33. The van der Waals surface area contributed by atoms with Gasteiger partial charge in [0.15, 0.2) is 5.76 Å². The lowest BCUT2D eigenvalue weighted by atomic mass is 9.88. The summed E-state index contributed by atoms with van der Waals surface area (Å²) in [5.41, 5.74) is 2.05. The molecule has 3 heterocycles. The van der Waals surface area contributed by atoms with Gasteiger partial charge >= 0.3 is 0 Å². The van der Waals surface area contributed by atoms with Crippen molar-refractivity contribution in [3.8, 4) is 23.1 Å². The number of ether oxygens (including phenoxy) is 2. The molecule has 0 radical (unpaired) electrons. The highest BCUT2D eigenvalue weighted by atomic mass is 16.5. The molecule has 1 unspecified atom stereocenters. The second kappa shape index (κ2) is 10.5. The number of β-amino-alcohol motifs (C(OH)–C–C–N with tert-alkyl or cyclic N) is 1. The van der Waals surface area contributed by atoms with Crippen LogP contribution in [0.5, 0.6) is 11.5 Å². The van der Waals surface area contributed by atoms with E-state index in [-0.39, 0.29) is 6.61 Å². The summed E-state index contributed by atoms with van der Waals surface area (Å²) in [4.78, 5) is 2.32. The standard InChI is InChI=1S/C30H31N3O5/c1-19-31-32-30(37-19)29-16-26-27(4-3-5-28(26)38-29)36-18-24(34)17-33-12-10-20(11-13-33)21-6-7-23-15-25(35-2)9-8-22(23)14-21/h3-9,14-16,20,24,34H,10-13,17-18H2,1-2H3. The molecule has 0 bridgehead atoms. The first-order valence-corrected chi connectivity index (χ1v) is 13.0. The van der Waals surface area contributed by atoms with Crippen LogP contribution in [0, 0.1) is 6.92 Å². The molecule has 1 atom stereocenters. The van der Waals surface area contributed by atoms with Gasteiger partial charge in [0.05, 0.1) is 12.5 Å². The topological polar surface area (TPSA) is 94.0 Å². The van der Waals surface area contributed by atoms with Crippen LogP contribution >= 0.6 is 0 Å². The first-order chi connectivity index (χ1) is 18.6. The maximum Gasteiger partial charge on any atom is 0.283 e. The normalized spacial score (nSPS) is 15.8. The van der Waals surface area contributed by atoms with Crippen molar-refractivity contribution in [3.05, 3.63) is 72.1 Å². The fourth-order valence-electron chi connectivity index (χ4n) is 5.27. The Labute approximate surface area is 220 Å². The van der Waals surface area contributed by atoms with E-state index < -0.39 is 6.10 Å². The molecule has 1 N–H and O–H groups in total. The van der Waals surface area contributed by atoms with E-state index in [1.807, 2.05) is 30.3 Å². The summed E-state index contributed by atoms with van der Waals surface area (Å²) in [6.07, 6.45) is 1.55. The molecule has 196 valence electrons. The zero-order valence-electron chi connectivity index (χ0n) is 21.6. The van der Waals surface area contributed by atoms with Crippen LogP contribution in [0.1, 0.15) is 30.2 Å². The van der Waals surface area contributed by atoms with Crippen LogP contribution in [0.15, 0.2) is 69.5 Å². The van der Waals surface area contributed by atoms with Gasteiger partial charge in [-0.05, 0) is 72.5 Å². The van der Waals surface area contributed by atoms with Crippen molar-refractivity contribution >= 4 is 21.7 Å². The molecule has 8 nitrogen and oxygen atoms in total. The Hall–Kier alpha value is -3.88. The first-order valence-electron chi connectivity index (χ1n) is 13.0. The number of hydrogen-bond acceptors (Lipinski definition) is 8. The fraction of sp³-hybridized carbons (Fsp3) is 0.333. The van der Waals surface area contributed by atoms with Gasteiger partial charge in [0.1, 0.15) is 29.8 Å². The van der Waals surface area contributed by atoms with Crippen LogP contribution in [-0.4, -0.2) is 59.7 Å². The van der Waals surface area contributed by atoms with Crippen molar-refractivity contribution in [3.63, 3.8) is 0 Å². The molecule has 38 heavy (non-hydrogen) atoms. The molecule has 8 heteroatoms. The first kappa shape index (κ1) is 24.5. The van der Waals surface area contributed by atoms with Gasteiger partial charge in [-0.25, -0.2) is 0 Å². The SMILES string of the molecule is COc1ccc2cc(C3CCN(CC(O)COc4cccc5oc(-c6nnc(C)o6)cc45)CC3)ccc2c1. The number of hydrogen-bond donors (Lipinski definition) is 1. The second-order valence-electron chi connectivity index (χ2n) is 9.92. The second-order valence-corrected chi connectivity index (χ2v) is 9.92. The third-order valence-corrected chi connectivity index (χ3v) is 7.29. The minimum absolute atomic E-state index is 0.202. The predicted octanol–water partition coefficient (Wildman–Crippen LogP) is 5.57. The van der Waals surface area contributed by atoms with E-state index in [0.717, 1.165) is 37.1 Å². The molecule has 1 aliphatic rings. The molecule has 1 fully saturated rings. The van der Waals surface area contributed by atoms with Crippen LogP contribution in [0.3, 0.4) is 0 Å². The van der Waals surface area contributed by atoms with E-state index in [1.54, 1.807) is 14.0 Å². The Balaban J connectivity index is 1.03. The highest BCUT2D eigenvalue weighted by Gasteiger charge is 2.23. The molecule has 1 saturated heterocycles. The number of nitrogens with zero attached hydrogens (tertiary/aromatic N) is 3. The van der Waals surface area contributed by atoms with E-state index in [2.05, 4.69) is 45.4 Å². The van der Waals surface area contributed by atoms with E-state index in [1.165, 1.54) is 16.3 Å². The number of aliphatic hydroxyl groups excluding tert-OH is 1. The van der Waals surface area contributed by atoms with Crippen LogP contribution in [0.2, 0.25) is 0 Å². The van der Waals surface area contributed by atoms with Gasteiger partial charge in [0, 0.05) is 19.5 Å². The molecule has 1 aliphatic heterocycles. The molecule has 0 aliphatic carbocycles. The zero-order chi connectivity index (χ0) is 26.1. The van der Waals surface area contributed by atoms with E-state index in [9.17, 15) is 5.11 Å². The number of likely N-dealkylation sites (tertiary alicyclic amines) is 1. The van der Waals surface area contributed by atoms with Gasteiger partial charge in [-0.1, -0.05) is 30.3 Å². The average molecular weight is 514 g/mol. The largest absolute Gasteiger partial charge is 0.497 e. The summed E-state index contributed by atoms with van der Waals surface area (Å²) < 4.78 is 22.7. The lowest BCUT2D eigenvalue weighted by Crippen LogP contribution is -2.40. The van der Waals surface area contributed by atoms with Crippen LogP contribution in [0.4, 0.5) is 0 Å². The lowest BCUT2D eigenvalue weighted by molar-refractivity contribution is 0.0599. The summed E-state index contributed by atoms with van der Waals surface area (Å²) >= 11 is 0. The molecule has 6 rings (SSSR count). The Morgan fingerprint density at radius 3 is 2.61 bits per heavy atom. The number of furan rings is 1. The number of aromatic nitrogens is 2. The van der Waals surface area contributed by atoms with E-state index >= 15 is 0 Å². The number of benzene rings is 3. The maximum atomic E-state index is 10.7. The van der Waals surface area contributed by atoms with Crippen molar-refractivity contribution in [1.82, 2.24) is 15.1 Å². The Kier molecular flexibility index (Phi) is 6.74. The van der Waals surface area contributed by atoms with Gasteiger partial charge in [-0.3, -0.25) is 0 Å². The van der Waals surface area contributed by atoms with Crippen molar-refractivity contribution in [2.45, 2.75) is 31.8 Å². The highest BCUT2D eigenvalue weighted by Crippen LogP contribution is 2.34. The summed E-state index contributed by atoms with van der Waals surface area (Å²) in [5, 5.41) is 21.9. The molecular weight excluding hydrogens is 482 g/mol. The van der Waals surface area contributed by atoms with E-state index in [4.69, 9.17) is 18.3 Å². The van der Waals surface area contributed by atoms with Crippen molar-refractivity contribution in [2.24, 2.45) is 0 Å². The van der Waals surface area contributed by atoms with Crippen LogP contribution in [-0.2, 0) is 0 Å². The van der Waals surface area contributed by atoms with Crippen molar-refractivity contribution < 1.29 is 23.4 Å². The van der Waals surface area contributed by atoms with Gasteiger partial charge in [0.25, 0.3) is 5.89 Å². The van der Waals surface area contributed by atoms with Gasteiger partial charge in [-0.15, -0.1) is 10.2 Å². The van der Waals surface area contributed by atoms with Gasteiger partial charge < -0.3 is 28.3 Å². The highest BCUT2D eigenvalue weighted by molar-refractivity contribution is 5.87. The van der Waals surface area contributed by atoms with E-state index in [0.29, 0.717) is 41.3 Å². The monoisotopic (exact) mass is 513 g/mol. The smallest absolute Gasteiger partial charge is 0.283 e. The Morgan fingerprint density at radius 1 is 1.00 bits per heavy atom.